The SMILES string of the molecule is CCN(C(=O)COC(=O)c1ccc2c(c1)NC(=O)CCS2)c1ccc(F)cc1. The zero-order valence-corrected chi connectivity index (χ0v) is 16.1. The molecule has 2 aromatic rings. The largest absolute Gasteiger partial charge is 0.452 e. The molecule has 1 heterocycles. The van der Waals surface area contributed by atoms with Crippen molar-refractivity contribution in [2.75, 3.05) is 29.1 Å². The maximum Gasteiger partial charge on any atom is 0.338 e. The zero-order valence-electron chi connectivity index (χ0n) is 15.2. The number of benzene rings is 2. The van der Waals surface area contributed by atoms with Crippen LogP contribution in [0.15, 0.2) is 47.4 Å². The van der Waals surface area contributed by atoms with Gasteiger partial charge in [-0.1, -0.05) is 0 Å². The number of esters is 1. The average molecular weight is 402 g/mol. The standard InChI is InChI=1S/C20H19FN2O4S/c1-2-23(15-6-4-14(21)5-7-15)19(25)12-27-20(26)13-3-8-17-16(11-13)22-18(24)9-10-28-17/h3-8,11H,2,9-10,12H2,1H3,(H,22,24). The molecule has 0 aliphatic carbocycles. The van der Waals surface area contributed by atoms with Crippen LogP contribution >= 0.6 is 11.8 Å². The number of amides is 2. The molecule has 0 radical (unpaired) electrons. The normalized spacial score (nSPS) is 13.1. The molecule has 3 rings (SSSR count). The monoisotopic (exact) mass is 402 g/mol. The number of hydrogen-bond donors (Lipinski definition) is 1. The Kier molecular flexibility index (Phi) is 6.30. The Bertz CT molecular complexity index is 902. The number of nitrogens with one attached hydrogen (secondary N) is 1. The Morgan fingerprint density at radius 1 is 1.21 bits per heavy atom. The number of likely N-dealkylation sites (N-methyl/N-ethyl adjacent to an activating group) is 1. The number of halogens is 1. The minimum absolute atomic E-state index is 0.107. The number of ether oxygens (including phenoxy) is 1. The molecule has 1 aliphatic heterocycles. The van der Waals surface area contributed by atoms with Crippen molar-refractivity contribution < 1.29 is 23.5 Å². The van der Waals surface area contributed by atoms with Crippen LogP contribution in [0.25, 0.3) is 0 Å². The fourth-order valence-corrected chi connectivity index (χ4v) is 3.70. The fraction of sp³-hybridized carbons (Fsp3) is 0.250. The van der Waals surface area contributed by atoms with Crippen molar-refractivity contribution >= 4 is 40.9 Å². The number of fused-ring (bicyclic) bond motifs is 1. The Morgan fingerprint density at radius 3 is 2.68 bits per heavy atom. The van der Waals surface area contributed by atoms with Crippen LogP contribution in [0.1, 0.15) is 23.7 Å². The molecule has 1 aliphatic rings. The topological polar surface area (TPSA) is 75.7 Å². The minimum atomic E-state index is -0.658. The lowest BCUT2D eigenvalue weighted by atomic mass is 10.2. The Hall–Kier alpha value is -2.87. The summed E-state index contributed by atoms with van der Waals surface area (Å²) in [5.41, 5.74) is 1.34. The molecule has 0 bridgehead atoms. The highest BCUT2D eigenvalue weighted by atomic mass is 32.2. The van der Waals surface area contributed by atoms with Crippen molar-refractivity contribution in [2.45, 2.75) is 18.2 Å². The van der Waals surface area contributed by atoms with Crippen molar-refractivity contribution in [2.24, 2.45) is 0 Å². The first-order valence-electron chi connectivity index (χ1n) is 8.77. The highest BCUT2D eigenvalue weighted by Crippen LogP contribution is 2.31. The van der Waals surface area contributed by atoms with Gasteiger partial charge in [-0.3, -0.25) is 9.59 Å². The summed E-state index contributed by atoms with van der Waals surface area (Å²) in [5.74, 6) is -0.902. The van der Waals surface area contributed by atoms with Crippen molar-refractivity contribution in [1.82, 2.24) is 0 Å². The molecule has 2 aromatic carbocycles. The first-order chi connectivity index (χ1) is 13.5. The van der Waals surface area contributed by atoms with Gasteiger partial charge in [0.25, 0.3) is 5.91 Å². The molecule has 2 amide bonds. The van der Waals surface area contributed by atoms with Crippen LogP contribution in [0.2, 0.25) is 0 Å². The molecule has 8 heteroatoms. The lowest BCUT2D eigenvalue weighted by Crippen LogP contribution is -2.34. The van der Waals surface area contributed by atoms with E-state index in [1.165, 1.54) is 40.9 Å². The summed E-state index contributed by atoms with van der Waals surface area (Å²) in [5, 5.41) is 2.76. The lowest BCUT2D eigenvalue weighted by Gasteiger charge is -2.21. The molecule has 0 fully saturated rings. The summed E-state index contributed by atoms with van der Waals surface area (Å²) in [6, 6.07) is 10.4. The van der Waals surface area contributed by atoms with Crippen molar-refractivity contribution in [3.05, 3.63) is 53.8 Å². The summed E-state index contributed by atoms with van der Waals surface area (Å²) in [6.45, 7) is 1.68. The number of carbonyl (C=O) groups is 3. The van der Waals surface area contributed by atoms with Gasteiger partial charge in [-0.15, -0.1) is 11.8 Å². The zero-order chi connectivity index (χ0) is 20.1. The molecule has 28 heavy (non-hydrogen) atoms. The fourth-order valence-electron chi connectivity index (χ4n) is 2.76. The van der Waals surface area contributed by atoms with Gasteiger partial charge in [0.05, 0.1) is 11.3 Å². The number of thioether (sulfide) groups is 1. The molecule has 146 valence electrons. The van der Waals surface area contributed by atoms with E-state index in [1.807, 2.05) is 0 Å². The molecule has 0 atom stereocenters. The van der Waals surface area contributed by atoms with Crippen LogP contribution < -0.4 is 10.2 Å². The van der Waals surface area contributed by atoms with Gasteiger partial charge in [-0.2, -0.15) is 0 Å². The van der Waals surface area contributed by atoms with Gasteiger partial charge in [-0.25, -0.2) is 9.18 Å². The number of nitrogens with zero attached hydrogens (tertiary/aromatic N) is 1. The minimum Gasteiger partial charge on any atom is -0.452 e. The van der Waals surface area contributed by atoms with Crippen molar-refractivity contribution in [3.63, 3.8) is 0 Å². The number of anilines is 2. The molecule has 1 N–H and O–H groups in total. The van der Waals surface area contributed by atoms with E-state index >= 15 is 0 Å². The average Bonchev–Trinajstić information content (AvgIpc) is 2.87. The third-order valence-electron chi connectivity index (χ3n) is 4.16. The molecule has 0 aromatic heterocycles. The van der Waals surface area contributed by atoms with Crippen molar-refractivity contribution in [3.8, 4) is 0 Å². The second kappa shape index (κ2) is 8.88. The predicted octanol–water partition coefficient (Wildman–Crippen LogP) is 3.47. The van der Waals surface area contributed by atoms with Crippen LogP contribution in [0, 0.1) is 5.82 Å². The molecule has 0 saturated heterocycles. The Labute approximate surface area is 166 Å². The summed E-state index contributed by atoms with van der Waals surface area (Å²) in [7, 11) is 0. The van der Waals surface area contributed by atoms with Crippen LogP contribution in [-0.4, -0.2) is 36.7 Å². The summed E-state index contributed by atoms with van der Waals surface area (Å²) in [4.78, 5) is 38.7. The quantitative estimate of drug-likeness (QED) is 0.775. The molecule has 6 nitrogen and oxygen atoms in total. The van der Waals surface area contributed by atoms with Crippen molar-refractivity contribution in [1.29, 1.82) is 0 Å². The first-order valence-corrected chi connectivity index (χ1v) is 9.76. The van der Waals surface area contributed by atoms with Gasteiger partial charge in [0.1, 0.15) is 5.82 Å². The smallest absolute Gasteiger partial charge is 0.338 e. The second-order valence-electron chi connectivity index (χ2n) is 6.05. The lowest BCUT2D eigenvalue weighted by molar-refractivity contribution is -0.121. The van der Waals surface area contributed by atoms with E-state index in [0.29, 0.717) is 30.1 Å². The van der Waals surface area contributed by atoms with E-state index in [9.17, 15) is 18.8 Å². The maximum absolute atomic E-state index is 13.1. The maximum atomic E-state index is 13.1. The van der Waals surface area contributed by atoms with Gasteiger partial charge in [-0.05, 0) is 49.4 Å². The number of hydrogen-bond acceptors (Lipinski definition) is 5. The number of carbonyl (C=O) groups excluding carboxylic acids is 3. The summed E-state index contributed by atoms with van der Waals surface area (Å²) >= 11 is 1.53. The Morgan fingerprint density at radius 2 is 1.96 bits per heavy atom. The first kappa shape index (κ1) is 19.9. The van der Waals surface area contributed by atoms with Crippen LogP contribution in [0.3, 0.4) is 0 Å². The van der Waals surface area contributed by atoms with Crippen LogP contribution in [-0.2, 0) is 14.3 Å². The van der Waals surface area contributed by atoms with Gasteiger partial charge < -0.3 is 15.0 Å². The van der Waals surface area contributed by atoms with E-state index in [4.69, 9.17) is 4.74 Å². The van der Waals surface area contributed by atoms with E-state index in [1.54, 1.807) is 25.1 Å². The third kappa shape index (κ3) is 4.69. The van der Waals surface area contributed by atoms with Gasteiger partial charge in [0.15, 0.2) is 6.61 Å². The highest BCUT2D eigenvalue weighted by molar-refractivity contribution is 7.99. The van der Waals surface area contributed by atoms with E-state index in [-0.39, 0.29) is 11.5 Å². The second-order valence-corrected chi connectivity index (χ2v) is 7.18. The molecule has 0 unspecified atom stereocenters. The Balaban J connectivity index is 1.65. The van der Waals surface area contributed by atoms with Crippen LogP contribution in [0.4, 0.5) is 15.8 Å². The number of rotatable bonds is 5. The van der Waals surface area contributed by atoms with E-state index in [2.05, 4.69) is 5.32 Å². The third-order valence-corrected chi connectivity index (χ3v) is 5.23. The highest BCUT2D eigenvalue weighted by Gasteiger charge is 2.19. The van der Waals surface area contributed by atoms with Gasteiger partial charge >= 0.3 is 5.97 Å². The summed E-state index contributed by atoms with van der Waals surface area (Å²) in [6.07, 6.45) is 0.407. The summed E-state index contributed by atoms with van der Waals surface area (Å²) < 4.78 is 18.2. The van der Waals surface area contributed by atoms with E-state index < -0.39 is 24.3 Å². The molecular formula is C20H19FN2O4S. The van der Waals surface area contributed by atoms with E-state index in [0.717, 1.165) is 4.90 Å². The van der Waals surface area contributed by atoms with Gasteiger partial charge in [0.2, 0.25) is 5.91 Å². The molecule has 0 saturated carbocycles. The molecular weight excluding hydrogens is 383 g/mol. The predicted molar refractivity (Wildman–Crippen MR) is 105 cm³/mol. The molecule has 0 spiro atoms. The van der Waals surface area contributed by atoms with Gasteiger partial charge in [0, 0.05) is 29.3 Å². The van der Waals surface area contributed by atoms with Crippen LogP contribution in [0.5, 0.6) is 0 Å².